The van der Waals surface area contributed by atoms with Crippen LogP contribution in [0, 0.1) is 13.8 Å². The fourth-order valence-electron chi connectivity index (χ4n) is 2.67. The number of benzene rings is 1. The van der Waals surface area contributed by atoms with Gasteiger partial charge in [0.25, 0.3) is 0 Å². The summed E-state index contributed by atoms with van der Waals surface area (Å²) >= 11 is 0. The van der Waals surface area contributed by atoms with Crippen molar-refractivity contribution >= 4 is 5.69 Å². The van der Waals surface area contributed by atoms with E-state index in [1.165, 1.54) is 12.8 Å². The van der Waals surface area contributed by atoms with Gasteiger partial charge in [-0.2, -0.15) is 0 Å². The Labute approximate surface area is 110 Å². The predicted molar refractivity (Wildman–Crippen MR) is 76.3 cm³/mol. The zero-order valence-electron chi connectivity index (χ0n) is 11.6. The van der Waals surface area contributed by atoms with Crippen molar-refractivity contribution in [3.63, 3.8) is 0 Å². The summed E-state index contributed by atoms with van der Waals surface area (Å²) in [5.41, 5.74) is 3.16. The number of nitrogens with one attached hydrogen (secondary N) is 2. The van der Waals surface area contributed by atoms with E-state index >= 15 is 0 Å². The minimum Gasteiger partial charge on any atom is -0.508 e. The van der Waals surface area contributed by atoms with E-state index in [1.54, 1.807) is 0 Å². The topological polar surface area (TPSA) is 44.3 Å². The molecule has 0 aliphatic carbocycles. The zero-order valence-corrected chi connectivity index (χ0v) is 11.6. The molecule has 18 heavy (non-hydrogen) atoms. The number of aryl methyl sites for hydroxylation is 2. The van der Waals surface area contributed by atoms with Crippen molar-refractivity contribution in [2.45, 2.75) is 52.1 Å². The van der Waals surface area contributed by atoms with Crippen LogP contribution in [0.15, 0.2) is 12.1 Å². The molecule has 1 aliphatic rings. The quantitative estimate of drug-likeness (QED) is 0.718. The van der Waals surface area contributed by atoms with Gasteiger partial charge in [-0.15, -0.1) is 0 Å². The highest BCUT2D eigenvalue weighted by Gasteiger charge is 2.17. The molecule has 1 aromatic rings. The van der Waals surface area contributed by atoms with E-state index in [4.69, 9.17) is 0 Å². The summed E-state index contributed by atoms with van der Waals surface area (Å²) in [4.78, 5) is 0. The van der Waals surface area contributed by atoms with Crippen molar-refractivity contribution in [1.29, 1.82) is 0 Å². The average molecular weight is 248 g/mol. The lowest BCUT2D eigenvalue weighted by Gasteiger charge is -2.21. The fraction of sp³-hybridized carbons (Fsp3) is 0.600. The molecule has 1 fully saturated rings. The first-order chi connectivity index (χ1) is 8.56. The second kappa shape index (κ2) is 5.61. The van der Waals surface area contributed by atoms with Gasteiger partial charge in [-0.25, -0.2) is 0 Å². The number of hydrogen-bond donors (Lipinski definition) is 3. The summed E-state index contributed by atoms with van der Waals surface area (Å²) in [5.74, 6) is 0.378. The van der Waals surface area contributed by atoms with E-state index < -0.39 is 0 Å². The summed E-state index contributed by atoms with van der Waals surface area (Å²) in [6, 6.07) is 4.97. The summed E-state index contributed by atoms with van der Waals surface area (Å²) in [5, 5.41) is 16.7. The molecule has 0 spiro atoms. The van der Waals surface area contributed by atoms with E-state index in [9.17, 15) is 5.11 Å². The number of aromatic hydroxyl groups is 1. The molecule has 2 atom stereocenters. The van der Waals surface area contributed by atoms with Gasteiger partial charge < -0.3 is 15.7 Å². The SMILES string of the molecule is Cc1cc(NC(C)CC2CCCN2)c(C)cc1O. The minimum atomic E-state index is 0.378. The van der Waals surface area contributed by atoms with E-state index in [1.807, 2.05) is 26.0 Å². The first-order valence-electron chi connectivity index (χ1n) is 6.86. The van der Waals surface area contributed by atoms with E-state index in [0.29, 0.717) is 17.8 Å². The van der Waals surface area contributed by atoms with E-state index in [0.717, 1.165) is 29.8 Å². The zero-order chi connectivity index (χ0) is 13.1. The molecule has 1 saturated heterocycles. The van der Waals surface area contributed by atoms with Gasteiger partial charge in [0.2, 0.25) is 0 Å². The molecule has 0 bridgehead atoms. The van der Waals surface area contributed by atoms with Crippen LogP contribution >= 0.6 is 0 Å². The predicted octanol–water partition coefficient (Wildman–Crippen LogP) is 2.95. The minimum absolute atomic E-state index is 0.378. The molecular weight excluding hydrogens is 224 g/mol. The van der Waals surface area contributed by atoms with Gasteiger partial charge in [-0.3, -0.25) is 0 Å². The van der Waals surface area contributed by atoms with Crippen molar-refractivity contribution in [1.82, 2.24) is 5.32 Å². The molecule has 3 heteroatoms. The standard InChI is InChI=1S/C15H24N2O/c1-10-8-15(18)11(2)7-14(10)17-12(3)9-13-5-4-6-16-13/h7-8,12-13,16-18H,4-6,9H2,1-3H3. The van der Waals surface area contributed by atoms with Crippen LogP contribution in [0.2, 0.25) is 0 Å². The molecule has 100 valence electrons. The van der Waals surface area contributed by atoms with Gasteiger partial charge in [0.05, 0.1) is 0 Å². The summed E-state index contributed by atoms with van der Waals surface area (Å²) in [6.45, 7) is 7.35. The van der Waals surface area contributed by atoms with E-state index in [2.05, 4.69) is 17.6 Å². The molecule has 0 amide bonds. The average Bonchev–Trinajstić information content (AvgIpc) is 2.78. The van der Waals surface area contributed by atoms with Crippen molar-refractivity contribution in [2.24, 2.45) is 0 Å². The first-order valence-corrected chi connectivity index (χ1v) is 6.86. The van der Waals surface area contributed by atoms with Crippen molar-refractivity contribution in [3.8, 4) is 5.75 Å². The lowest BCUT2D eigenvalue weighted by Crippen LogP contribution is -2.29. The lowest BCUT2D eigenvalue weighted by molar-refractivity contribution is 0.470. The molecule has 1 aliphatic heterocycles. The van der Waals surface area contributed by atoms with Crippen molar-refractivity contribution < 1.29 is 5.11 Å². The van der Waals surface area contributed by atoms with Gasteiger partial charge in [0.1, 0.15) is 5.75 Å². The molecule has 3 N–H and O–H groups in total. The maximum Gasteiger partial charge on any atom is 0.118 e. The monoisotopic (exact) mass is 248 g/mol. The van der Waals surface area contributed by atoms with Crippen LogP contribution in [0.5, 0.6) is 5.75 Å². The Kier molecular flexibility index (Phi) is 4.12. The number of phenolic OH excluding ortho intramolecular Hbond substituents is 1. The second-order valence-electron chi connectivity index (χ2n) is 5.53. The molecule has 2 unspecified atom stereocenters. The lowest BCUT2D eigenvalue weighted by atomic mass is 10.0. The highest BCUT2D eigenvalue weighted by molar-refractivity contribution is 5.57. The Morgan fingerprint density at radius 2 is 2.17 bits per heavy atom. The Balaban J connectivity index is 1.97. The van der Waals surface area contributed by atoms with Crippen LogP contribution in [-0.4, -0.2) is 23.7 Å². The molecule has 0 aromatic heterocycles. The largest absolute Gasteiger partial charge is 0.508 e. The summed E-state index contributed by atoms with van der Waals surface area (Å²) < 4.78 is 0. The Hall–Kier alpha value is -1.22. The number of rotatable bonds is 4. The number of anilines is 1. The maximum absolute atomic E-state index is 9.65. The third-order valence-electron chi connectivity index (χ3n) is 3.75. The van der Waals surface area contributed by atoms with Crippen LogP contribution in [0.25, 0.3) is 0 Å². The fourth-order valence-corrected chi connectivity index (χ4v) is 2.67. The highest BCUT2D eigenvalue weighted by Crippen LogP contribution is 2.26. The summed E-state index contributed by atoms with van der Waals surface area (Å²) in [6.07, 6.45) is 3.74. The Morgan fingerprint density at radius 1 is 1.39 bits per heavy atom. The molecule has 0 saturated carbocycles. The molecule has 3 nitrogen and oxygen atoms in total. The van der Waals surface area contributed by atoms with Crippen molar-refractivity contribution in [2.75, 3.05) is 11.9 Å². The number of phenols is 1. The molecule has 1 aromatic carbocycles. The second-order valence-corrected chi connectivity index (χ2v) is 5.53. The summed E-state index contributed by atoms with van der Waals surface area (Å²) in [7, 11) is 0. The van der Waals surface area contributed by atoms with Crippen LogP contribution < -0.4 is 10.6 Å². The number of hydrogen-bond acceptors (Lipinski definition) is 3. The van der Waals surface area contributed by atoms with E-state index in [-0.39, 0.29) is 0 Å². The van der Waals surface area contributed by atoms with Gasteiger partial charge in [-0.1, -0.05) is 0 Å². The third kappa shape index (κ3) is 3.16. The Morgan fingerprint density at radius 3 is 2.83 bits per heavy atom. The highest BCUT2D eigenvalue weighted by atomic mass is 16.3. The normalized spacial score (nSPS) is 20.9. The van der Waals surface area contributed by atoms with Gasteiger partial charge in [-0.05, 0) is 69.8 Å². The molecule has 2 rings (SSSR count). The smallest absolute Gasteiger partial charge is 0.118 e. The third-order valence-corrected chi connectivity index (χ3v) is 3.75. The Bertz CT molecular complexity index is 411. The van der Waals surface area contributed by atoms with Gasteiger partial charge >= 0.3 is 0 Å². The van der Waals surface area contributed by atoms with Gasteiger partial charge in [0.15, 0.2) is 0 Å². The van der Waals surface area contributed by atoms with Crippen LogP contribution in [-0.2, 0) is 0 Å². The molecule has 1 heterocycles. The first kappa shape index (κ1) is 13.2. The molecular formula is C15H24N2O. The van der Waals surface area contributed by atoms with Crippen molar-refractivity contribution in [3.05, 3.63) is 23.3 Å². The van der Waals surface area contributed by atoms with Crippen LogP contribution in [0.4, 0.5) is 5.69 Å². The van der Waals surface area contributed by atoms with Crippen LogP contribution in [0.3, 0.4) is 0 Å². The molecule has 0 radical (unpaired) electrons. The maximum atomic E-state index is 9.65. The van der Waals surface area contributed by atoms with Crippen LogP contribution in [0.1, 0.15) is 37.3 Å². The van der Waals surface area contributed by atoms with Gasteiger partial charge in [0, 0.05) is 17.8 Å².